The van der Waals surface area contributed by atoms with Crippen LogP contribution in [0.1, 0.15) is 43.0 Å². The molecule has 3 aromatic heterocycles. The summed E-state index contributed by atoms with van der Waals surface area (Å²) in [5, 5.41) is 0.564. The molecule has 2 atom stereocenters. The van der Waals surface area contributed by atoms with E-state index in [0.717, 1.165) is 63.2 Å². The SMILES string of the molecule is Cc1cc(Cl)cc(-c2ccnc3cc(Cn4c(=O)ccn(CC(F)(F)F)c4=O)sc23)c1O[C@@H]1CCCC[C@H]1C. The Kier molecular flexibility index (Phi) is 7.61. The van der Waals surface area contributed by atoms with E-state index in [2.05, 4.69) is 11.9 Å². The van der Waals surface area contributed by atoms with Crippen molar-refractivity contribution in [1.82, 2.24) is 14.1 Å². The molecular formula is C28H27ClF3N3O3S. The van der Waals surface area contributed by atoms with E-state index in [0.29, 0.717) is 25.9 Å². The average molecular weight is 578 g/mol. The first kappa shape index (κ1) is 27.5. The van der Waals surface area contributed by atoms with Crippen molar-refractivity contribution >= 4 is 33.2 Å². The van der Waals surface area contributed by atoms with Crippen molar-refractivity contribution < 1.29 is 17.9 Å². The number of rotatable bonds is 6. The fourth-order valence-corrected chi connectivity index (χ4v) is 6.55. The minimum absolute atomic E-state index is 0.0948. The summed E-state index contributed by atoms with van der Waals surface area (Å²) in [6.45, 7) is 2.53. The number of halogens is 4. The van der Waals surface area contributed by atoms with Crippen molar-refractivity contribution in [2.24, 2.45) is 5.92 Å². The largest absolute Gasteiger partial charge is 0.489 e. The van der Waals surface area contributed by atoms with Gasteiger partial charge in [-0.15, -0.1) is 11.3 Å². The lowest BCUT2D eigenvalue weighted by molar-refractivity contribution is -0.141. The van der Waals surface area contributed by atoms with Crippen LogP contribution in [0, 0.1) is 12.8 Å². The van der Waals surface area contributed by atoms with E-state index in [1.165, 1.54) is 17.8 Å². The maximum atomic E-state index is 12.9. The lowest BCUT2D eigenvalue weighted by Crippen LogP contribution is -2.41. The van der Waals surface area contributed by atoms with Gasteiger partial charge < -0.3 is 4.74 Å². The van der Waals surface area contributed by atoms with Gasteiger partial charge in [0.15, 0.2) is 0 Å². The van der Waals surface area contributed by atoms with Crippen molar-refractivity contribution in [3.8, 4) is 16.9 Å². The number of hydrogen-bond donors (Lipinski definition) is 0. The zero-order valence-corrected chi connectivity index (χ0v) is 23.0. The van der Waals surface area contributed by atoms with Gasteiger partial charge in [0.05, 0.1) is 16.8 Å². The van der Waals surface area contributed by atoms with E-state index in [1.807, 2.05) is 25.1 Å². The van der Waals surface area contributed by atoms with E-state index >= 15 is 0 Å². The third-order valence-electron chi connectivity index (χ3n) is 7.10. The molecule has 11 heteroatoms. The monoisotopic (exact) mass is 577 g/mol. The highest BCUT2D eigenvalue weighted by Crippen LogP contribution is 2.43. The Balaban J connectivity index is 1.56. The molecule has 1 aliphatic carbocycles. The Labute approximate surface area is 231 Å². The smallest absolute Gasteiger partial charge is 0.406 e. The number of fused-ring (bicyclic) bond motifs is 1. The number of thiophene rings is 1. The minimum Gasteiger partial charge on any atom is -0.489 e. The van der Waals surface area contributed by atoms with Gasteiger partial charge in [-0.25, -0.2) is 4.79 Å². The molecule has 0 unspecified atom stereocenters. The molecule has 1 fully saturated rings. The topological polar surface area (TPSA) is 66.1 Å². The molecule has 39 heavy (non-hydrogen) atoms. The second-order valence-electron chi connectivity index (χ2n) is 10.1. The molecule has 5 rings (SSSR count). The molecule has 0 bridgehead atoms. The maximum absolute atomic E-state index is 12.9. The molecule has 6 nitrogen and oxygen atoms in total. The Hall–Kier alpha value is -3.11. The number of benzene rings is 1. The molecule has 206 valence electrons. The quantitative estimate of drug-likeness (QED) is 0.252. The van der Waals surface area contributed by atoms with Crippen LogP contribution in [0.25, 0.3) is 21.3 Å². The first-order chi connectivity index (χ1) is 18.5. The van der Waals surface area contributed by atoms with Gasteiger partial charge in [-0.05, 0) is 61.9 Å². The molecule has 1 aromatic carbocycles. The Bertz CT molecular complexity index is 1640. The zero-order valence-electron chi connectivity index (χ0n) is 21.4. The number of pyridine rings is 1. The van der Waals surface area contributed by atoms with E-state index in [9.17, 15) is 22.8 Å². The second-order valence-corrected chi connectivity index (χ2v) is 11.6. The number of hydrogen-bond acceptors (Lipinski definition) is 5. The molecule has 1 aliphatic rings. The number of aromatic nitrogens is 3. The van der Waals surface area contributed by atoms with Crippen LogP contribution >= 0.6 is 22.9 Å². The van der Waals surface area contributed by atoms with Gasteiger partial charge in [0.2, 0.25) is 0 Å². The van der Waals surface area contributed by atoms with Crippen molar-refractivity contribution in [2.75, 3.05) is 0 Å². The lowest BCUT2D eigenvalue weighted by atomic mass is 9.88. The van der Waals surface area contributed by atoms with Crippen LogP contribution in [-0.2, 0) is 13.1 Å². The molecule has 0 N–H and O–H groups in total. The van der Waals surface area contributed by atoms with Crippen LogP contribution in [0.2, 0.25) is 5.02 Å². The fourth-order valence-electron chi connectivity index (χ4n) is 5.14. The molecule has 4 aromatic rings. The summed E-state index contributed by atoms with van der Waals surface area (Å²) in [4.78, 5) is 30.2. The Morgan fingerprint density at radius 3 is 2.64 bits per heavy atom. The lowest BCUT2D eigenvalue weighted by Gasteiger charge is -2.31. The summed E-state index contributed by atoms with van der Waals surface area (Å²) < 4.78 is 47.4. The maximum Gasteiger partial charge on any atom is 0.406 e. The second kappa shape index (κ2) is 10.8. The molecule has 0 amide bonds. The molecular weight excluding hydrogens is 551 g/mol. The number of nitrogens with zero attached hydrogens (tertiary/aromatic N) is 3. The first-order valence-corrected chi connectivity index (χ1v) is 13.9. The zero-order chi connectivity index (χ0) is 27.9. The van der Waals surface area contributed by atoms with Gasteiger partial charge in [-0.2, -0.15) is 13.2 Å². The van der Waals surface area contributed by atoms with Crippen molar-refractivity contribution in [2.45, 2.75) is 64.9 Å². The highest BCUT2D eigenvalue weighted by atomic mass is 35.5. The van der Waals surface area contributed by atoms with E-state index in [1.54, 1.807) is 12.3 Å². The van der Waals surface area contributed by atoms with Gasteiger partial charge >= 0.3 is 11.9 Å². The molecule has 0 saturated heterocycles. The molecule has 0 spiro atoms. The normalized spacial score (nSPS) is 18.0. The summed E-state index contributed by atoms with van der Waals surface area (Å²) in [7, 11) is 0. The van der Waals surface area contributed by atoms with Crippen molar-refractivity contribution in [1.29, 1.82) is 0 Å². The summed E-state index contributed by atoms with van der Waals surface area (Å²) in [5.41, 5.74) is 1.53. The van der Waals surface area contributed by atoms with Gasteiger partial charge in [0, 0.05) is 39.5 Å². The van der Waals surface area contributed by atoms with Gasteiger partial charge in [0.1, 0.15) is 18.4 Å². The van der Waals surface area contributed by atoms with E-state index < -0.39 is 24.0 Å². The van der Waals surface area contributed by atoms with Crippen LogP contribution in [-0.4, -0.2) is 26.4 Å². The number of aryl methyl sites for hydroxylation is 1. The summed E-state index contributed by atoms with van der Waals surface area (Å²) in [5.74, 6) is 1.19. The predicted octanol–water partition coefficient (Wildman–Crippen LogP) is 6.82. The third kappa shape index (κ3) is 5.91. The van der Waals surface area contributed by atoms with Gasteiger partial charge in [0.25, 0.3) is 5.56 Å². The standard InChI is InChI=1S/C28H27ClF3N3O3S/c1-16-5-3-4-6-23(16)38-25-17(2)11-18(29)12-21(25)20-7-9-33-22-13-19(39-26(20)22)14-35-24(36)8-10-34(27(35)37)15-28(30,31)32/h7-13,16,23H,3-6,14-15H2,1-2H3/t16-,23-/m1/s1. The molecule has 3 heterocycles. The summed E-state index contributed by atoms with van der Waals surface area (Å²) in [6, 6.07) is 8.32. The van der Waals surface area contributed by atoms with Crippen molar-refractivity contribution in [3.63, 3.8) is 0 Å². The van der Waals surface area contributed by atoms with Crippen LogP contribution < -0.4 is 16.0 Å². The third-order valence-corrected chi connectivity index (χ3v) is 8.46. The number of alkyl halides is 3. The number of ether oxygens (including phenoxy) is 1. The van der Waals surface area contributed by atoms with E-state index in [-0.39, 0.29) is 12.6 Å². The van der Waals surface area contributed by atoms with Crippen molar-refractivity contribution in [3.05, 3.63) is 79.0 Å². The predicted molar refractivity (Wildman–Crippen MR) is 147 cm³/mol. The van der Waals surface area contributed by atoms with Crippen LogP contribution in [0.5, 0.6) is 5.75 Å². The van der Waals surface area contributed by atoms with E-state index in [4.69, 9.17) is 16.3 Å². The van der Waals surface area contributed by atoms with Gasteiger partial charge in [-0.3, -0.25) is 18.9 Å². The van der Waals surface area contributed by atoms with Gasteiger partial charge in [-0.1, -0.05) is 24.9 Å². The Morgan fingerprint density at radius 2 is 1.90 bits per heavy atom. The summed E-state index contributed by atoms with van der Waals surface area (Å²) >= 11 is 7.81. The molecule has 1 saturated carbocycles. The molecule has 0 aliphatic heterocycles. The highest BCUT2D eigenvalue weighted by molar-refractivity contribution is 7.19. The summed E-state index contributed by atoms with van der Waals surface area (Å²) in [6.07, 6.45) is 2.46. The van der Waals surface area contributed by atoms with Crippen LogP contribution in [0.3, 0.4) is 0 Å². The average Bonchev–Trinajstić information content (AvgIpc) is 3.28. The fraction of sp³-hybridized carbons (Fsp3) is 0.393. The highest BCUT2D eigenvalue weighted by Gasteiger charge is 2.29. The first-order valence-electron chi connectivity index (χ1n) is 12.7. The molecule has 0 radical (unpaired) electrons. The van der Waals surface area contributed by atoms with Crippen LogP contribution in [0.15, 0.2) is 52.3 Å². The minimum atomic E-state index is -4.59. The van der Waals surface area contributed by atoms with Crippen LogP contribution in [0.4, 0.5) is 13.2 Å². The Morgan fingerprint density at radius 1 is 1.13 bits per heavy atom.